The van der Waals surface area contributed by atoms with Crippen molar-refractivity contribution in [3.8, 4) is 0 Å². The number of ketones is 1. The maximum Gasteiger partial charge on any atom is 0.416 e. The molecule has 1 unspecified atom stereocenters. The van der Waals surface area contributed by atoms with Gasteiger partial charge in [-0.2, -0.15) is 13.2 Å². The first kappa shape index (κ1) is 23.0. The molecule has 0 spiro atoms. The van der Waals surface area contributed by atoms with E-state index in [9.17, 15) is 27.6 Å². The van der Waals surface area contributed by atoms with E-state index in [0.29, 0.717) is 24.9 Å². The molecular formula is C23H22F3N3O3S. The molecule has 2 aromatic rings. The van der Waals surface area contributed by atoms with Crippen molar-refractivity contribution in [2.75, 3.05) is 5.32 Å². The van der Waals surface area contributed by atoms with Gasteiger partial charge in [0.15, 0.2) is 5.78 Å². The zero-order valence-corrected chi connectivity index (χ0v) is 18.7. The first-order chi connectivity index (χ1) is 15.5. The number of halogens is 3. The lowest BCUT2D eigenvalue weighted by Gasteiger charge is -2.30. The zero-order valence-electron chi connectivity index (χ0n) is 17.8. The van der Waals surface area contributed by atoms with Gasteiger partial charge in [-0.1, -0.05) is 18.2 Å². The maximum absolute atomic E-state index is 13.1. The lowest BCUT2D eigenvalue weighted by molar-refractivity contribution is -0.138. The molecule has 6 nitrogen and oxygen atoms in total. The fourth-order valence-electron chi connectivity index (χ4n) is 4.20. The van der Waals surface area contributed by atoms with Gasteiger partial charge in [0.1, 0.15) is 0 Å². The summed E-state index contributed by atoms with van der Waals surface area (Å²) in [5.74, 6) is -0.203. The van der Waals surface area contributed by atoms with Crippen molar-refractivity contribution in [2.24, 2.45) is 0 Å². The Morgan fingerprint density at radius 2 is 2.06 bits per heavy atom. The van der Waals surface area contributed by atoms with Crippen molar-refractivity contribution in [3.05, 3.63) is 62.9 Å². The highest BCUT2D eigenvalue weighted by Gasteiger charge is 2.39. The van der Waals surface area contributed by atoms with E-state index in [0.717, 1.165) is 22.1 Å². The lowest BCUT2D eigenvalue weighted by atomic mass is 9.89. The van der Waals surface area contributed by atoms with Gasteiger partial charge in [-0.25, -0.2) is 4.79 Å². The van der Waals surface area contributed by atoms with Crippen LogP contribution in [-0.2, 0) is 24.1 Å². The van der Waals surface area contributed by atoms with Crippen molar-refractivity contribution in [2.45, 2.75) is 51.5 Å². The summed E-state index contributed by atoms with van der Waals surface area (Å²) in [5, 5.41) is 6.76. The fraction of sp³-hybridized carbons (Fsp3) is 0.348. The summed E-state index contributed by atoms with van der Waals surface area (Å²) >= 11 is 1.32. The van der Waals surface area contributed by atoms with Gasteiger partial charge in [-0.3, -0.25) is 9.59 Å². The van der Waals surface area contributed by atoms with Gasteiger partial charge >= 0.3 is 12.2 Å². The van der Waals surface area contributed by atoms with Gasteiger partial charge < -0.3 is 15.5 Å². The Hall–Kier alpha value is -3.14. The van der Waals surface area contributed by atoms with E-state index in [4.69, 9.17) is 0 Å². The summed E-state index contributed by atoms with van der Waals surface area (Å²) in [6, 6.07) is 2.47. The predicted octanol–water partition coefficient (Wildman–Crippen LogP) is 5.03. The summed E-state index contributed by atoms with van der Waals surface area (Å²) in [5.41, 5.74) is 1.47. The maximum atomic E-state index is 13.1. The summed E-state index contributed by atoms with van der Waals surface area (Å²) < 4.78 is 39.3. The highest BCUT2D eigenvalue weighted by molar-refractivity contribution is 7.10. The number of allylic oxidation sites excluding steroid dienone is 1. The molecule has 2 N–H and O–H groups in total. The van der Waals surface area contributed by atoms with Crippen molar-refractivity contribution in [1.29, 1.82) is 0 Å². The Kier molecular flexibility index (Phi) is 6.04. The molecule has 174 valence electrons. The van der Waals surface area contributed by atoms with Crippen molar-refractivity contribution < 1.29 is 27.6 Å². The lowest BCUT2D eigenvalue weighted by Crippen LogP contribution is -2.43. The Morgan fingerprint density at radius 1 is 1.30 bits per heavy atom. The third-order valence-electron chi connectivity index (χ3n) is 5.95. The first-order valence-corrected chi connectivity index (χ1v) is 11.2. The van der Waals surface area contributed by atoms with Crippen LogP contribution in [0.4, 0.5) is 23.7 Å². The molecule has 0 radical (unpaired) electrons. The minimum atomic E-state index is -4.51. The largest absolute Gasteiger partial charge is 0.416 e. The number of urea groups is 1. The number of anilines is 1. The number of aryl methyl sites for hydroxylation is 1. The Morgan fingerprint density at radius 3 is 2.76 bits per heavy atom. The minimum absolute atomic E-state index is 0.0104. The number of nitrogens with zero attached hydrogens (tertiary/aromatic N) is 1. The highest BCUT2D eigenvalue weighted by atomic mass is 32.1. The number of hydrogen-bond acceptors (Lipinski definition) is 4. The summed E-state index contributed by atoms with van der Waals surface area (Å²) in [4.78, 5) is 39.9. The molecule has 2 heterocycles. The minimum Gasteiger partial charge on any atom is -0.333 e. The number of rotatable bonds is 4. The molecule has 10 heteroatoms. The van der Waals surface area contributed by atoms with E-state index in [2.05, 4.69) is 17.2 Å². The normalized spacial score (nSPS) is 18.5. The molecule has 1 aromatic heterocycles. The molecule has 4 rings (SSSR count). The molecule has 1 aliphatic heterocycles. The quantitative estimate of drug-likeness (QED) is 0.607. The number of carbonyl (C=O) groups excluding carboxylic acids is 3. The Bertz CT molecular complexity index is 1160. The third-order valence-corrected chi connectivity index (χ3v) is 6.98. The standard InChI is InChI=1S/C23H22F3N3O3S/c1-12-3-6-18(19(30)7-12)29-10-15-16(21(29)31)11-33-20(15)9-27-22(32)28-14-5-4-13(2)17(8-14)23(24,25)26/h4-5,8,11,18H,1,3,6-7,9-10H2,2H3,(H2,27,28,32). The summed E-state index contributed by atoms with van der Waals surface area (Å²) in [6.07, 6.45) is -2.97. The molecule has 2 aliphatic rings. The van der Waals surface area contributed by atoms with Gasteiger partial charge in [-0.05, 0) is 43.0 Å². The number of amides is 3. The molecule has 1 atom stereocenters. The fourth-order valence-corrected chi connectivity index (χ4v) is 5.17. The van der Waals surface area contributed by atoms with E-state index in [1.807, 2.05) is 0 Å². The summed E-state index contributed by atoms with van der Waals surface area (Å²) in [7, 11) is 0. The van der Waals surface area contributed by atoms with Crippen LogP contribution in [0.25, 0.3) is 0 Å². The molecule has 0 saturated heterocycles. The van der Waals surface area contributed by atoms with Gasteiger partial charge in [-0.15, -0.1) is 11.3 Å². The van der Waals surface area contributed by atoms with Gasteiger partial charge in [0.05, 0.1) is 23.7 Å². The van der Waals surface area contributed by atoms with Crippen LogP contribution in [0.2, 0.25) is 0 Å². The van der Waals surface area contributed by atoms with Crippen LogP contribution in [0.15, 0.2) is 35.7 Å². The van der Waals surface area contributed by atoms with Crippen molar-refractivity contribution in [3.63, 3.8) is 0 Å². The molecule has 1 fully saturated rings. The molecule has 1 saturated carbocycles. The van der Waals surface area contributed by atoms with E-state index in [-0.39, 0.29) is 35.9 Å². The second-order valence-corrected chi connectivity index (χ2v) is 9.23. The van der Waals surface area contributed by atoms with Crippen molar-refractivity contribution >= 4 is 34.7 Å². The van der Waals surface area contributed by atoms with Crippen LogP contribution < -0.4 is 10.6 Å². The second-order valence-electron chi connectivity index (χ2n) is 8.27. The number of benzene rings is 1. The third kappa shape index (κ3) is 4.66. The van der Waals surface area contributed by atoms with E-state index in [1.165, 1.54) is 30.4 Å². The molecular weight excluding hydrogens is 455 g/mol. The van der Waals surface area contributed by atoms with Crippen LogP contribution in [0.5, 0.6) is 0 Å². The number of nitrogens with one attached hydrogen (secondary N) is 2. The Balaban J connectivity index is 1.39. The predicted molar refractivity (Wildman–Crippen MR) is 118 cm³/mol. The topological polar surface area (TPSA) is 78.5 Å². The molecule has 0 bridgehead atoms. The number of carbonyl (C=O) groups is 3. The van der Waals surface area contributed by atoms with Gasteiger partial charge in [0, 0.05) is 28.9 Å². The van der Waals surface area contributed by atoms with Crippen LogP contribution in [0.1, 0.15) is 51.2 Å². The number of fused-ring (bicyclic) bond motifs is 1. The van der Waals surface area contributed by atoms with Gasteiger partial charge in [0.25, 0.3) is 5.91 Å². The van der Waals surface area contributed by atoms with Crippen LogP contribution in [0, 0.1) is 6.92 Å². The van der Waals surface area contributed by atoms with Crippen LogP contribution >= 0.6 is 11.3 Å². The number of alkyl halides is 3. The number of thiophene rings is 1. The second kappa shape index (κ2) is 8.66. The highest BCUT2D eigenvalue weighted by Crippen LogP contribution is 2.36. The number of Topliss-reactive ketones (excluding diaryl/α,β-unsaturated/α-hetero) is 1. The molecule has 1 aromatic carbocycles. The average molecular weight is 478 g/mol. The van der Waals surface area contributed by atoms with Crippen LogP contribution in [0.3, 0.4) is 0 Å². The first-order valence-electron chi connectivity index (χ1n) is 10.4. The van der Waals surface area contributed by atoms with E-state index in [1.54, 1.807) is 10.3 Å². The zero-order chi connectivity index (χ0) is 23.9. The molecule has 3 amide bonds. The van der Waals surface area contributed by atoms with Crippen LogP contribution in [-0.4, -0.2) is 28.7 Å². The van der Waals surface area contributed by atoms with Crippen molar-refractivity contribution in [1.82, 2.24) is 10.2 Å². The SMILES string of the molecule is C=C1CCC(N2Cc3c(csc3CNC(=O)Nc3ccc(C)c(C(F)(F)F)c3)C2=O)C(=O)C1. The summed E-state index contributed by atoms with van der Waals surface area (Å²) in [6.45, 7) is 5.62. The Labute approximate surface area is 192 Å². The van der Waals surface area contributed by atoms with Gasteiger partial charge in [0.2, 0.25) is 0 Å². The molecule has 1 aliphatic carbocycles. The van der Waals surface area contributed by atoms with E-state index >= 15 is 0 Å². The smallest absolute Gasteiger partial charge is 0.333 e. The average Bonchev–Trinajstić information content (AvgIpc) is 3.27. The molecule has 33 heavy (non-hydrogen) atoms. The van der Waals surface area contributed by atoms with E-state index < -0.39 is 23.8 Å². The monoisotopic (exact) mass is 477 g/mol. The number of hydrogen-bond donors (Lipinski definition) is 2.